The van der Waals surface area contributed by atoms with Crippen molar-refractivity contribution in [2.24, 2.45) is 0 Å². The summed E-state index contributed by atoms with van der Waals surface area (Å²) < 4.78 is 47.4. The van der Waals surface area contributed by atoms with Crippen LogP contribution in [0.5, 0.6) is 0 Å². The van der Waals surface area contributed by atoms with E-state index in [-0.39, 0.29) is 34.5 Å². The topological polar surface area (TPSA) is 81.5 Å². The fraction of sp³-hybridized carbons (Fsp3) is 0.360. The number of imidazole rings is 1. The molecule has 0 N–H and O–H groups in total. The number of halogens is 3. The summed E-state index contributed by atoms with van der Waals surface area (Å²) >= 11 is 12.2. The number of sulfone groups is 1. The summed E-state index contributed by atoms with van der Waals surface area (Å²) in [5.41, 5.74) is 1.31. The van der Waals surface area contributed by atoms with Gasteiger partial charge in [0.05, 0.1) is 47.4 Å². The van der Waals surface area contributed by atoms with Crippen LogP contribution in [0.3, 0.4) is 0 Å². The summed E-state index contributed by atoms with van der Waals surface area (Å²) in [6.07, 6.45) is 3.01. The molecule has 1 saturated heterocycles. The molecule has 4 rings (SSSR count). The zero-order chi connectivity index (χ0) is 25.9. The standard InChI is InChI=1S/C25H26Cl2FN3O4S/c1-2-30(24(32)22-10-7-18(26)12-23(22)27)14-20-13-29-25(31(20)15-21-4-3-11-35-21)36(33,34)16-17-5-8-19(28)9-6-17/h5-10,12-13,21H,2-4,11,14-16H2,1H3. The van der Waals surface area contributed by atoms with Crippen molar-refractivity contribution < 1.29 is 22.3 Å². The summed E-state index contributed by atoms with van der Waals surface area (Å²) in [6.45, 7) is 3.22. The Bertz CT molecular complexity index is 1340. The number of amides is 1. The van der Waals surface area contributed by atoms with E-state index in [2.05, 4.69) is 4.98 Å². The number of aromatic nitrogens is 2. The van der Waals surface area contributed by atoms with Gasteiger partial charge in [0.2, 0.25) is 15.0 Å². The van der Waals surface area contributed by atoms with E-state index in [9.17, 15) is 17.6 Å². The summed E-state index contributed by atoms with van der Waals surface area (Å²) in [6, 6.07) is 9.99. The summed E-state index contributed by atoms with van der Waals surface area (Å²) in [4.78, 5) is 19.1. The molecule has 1 atom stereocenters. The van der Waals surface area contributed by atoms with Gasteiger partial charge in [-0.1, -0.05) is 35.3 Å². The first kappa shape index (κ1) is 26.6. The second kappa shape index (κ2) is 11.3. The number of carbonyl (C=O) groups excluding carboxylic acids is 1. The van der Waals surface area contributed by atoms with Crippen LogP contribution in [0.4, 0.5) is 4.39 Å². The Labute approximate surface area is 219 Å². The van der Waals surface area contributed by atoms with E-state index in [1.807, 2.05) is 6.92 Å². The van der Waals surface area contributed by atoms with Crippen molar-refractivity contribution in [3.63, 3.8) is 0 Å². The van der Waals surface area contributed by atoms with Gasteiger partial charge in [0.15, 0.2) is 0 Å². The van der Waals surface area contributed by atoms with E-state index < -0.39 is 15.7 Å². The molecule has 0 bridgehead atoms. The molecule has 36 heavy (non-hydrogen) atoms. The number of rotatable bonds is 9. The van der Waals surface area contributed by atoms with Crippen LogP contribution < -0.4 is 0 Å². The maximum atomic E-state index is 13.4. The molecule has 1 unspecified atom stereocenters. The lowest BCUT2D eigenvalue weighted by Gasteiger charge is -2.23. The predicted octanol–water partition coefficient (Wildman–Crippen LogP) is 5.14. The zero-order valence-corrected chi connectivity index (χ0v) is 22.0. The van der Waals surface area contributed by atoms with E-state index in [1.54, 1.807) is 21.6 Å². The molecule has 3 aromatic rings. The molecule has 0 saturated carbocycles. The molecule has 11 heteroatoms. The van der Waals surface area contributed by atoms with E-state index in [4.69, 9.17) is 27.9 Å². The summed E-state index contributed by atoms with van der Waals surface area (Å²) in [5.74, 6) is -1.07. The van der Waals surface area contributed by atoms with Crippen LogP contribution >= 0.6 is 23.2 Å². The van der Waals surface area contributed by atoms with Crippen molar-refractivity contribution in [1.29, 1.82) is 0 Å². The molecule has 0 radical (unpaired) electrons. The van der Waals surface area contributed by atoms with Crippen molar-refractivity contribution in [2.45, 2.75) is 49.9 Å². The molecule has 7 nitrogen and oxygen atoms in total. The lowest BCUT2D eigenvalue weighted by Crippen LogP contribution is -2.32. The number of benzene rings is 2. The van der Waals surface area contributed by atoms with E-state index in [0.717, 1.165) is 12.8 Å². The number of hydrogen-bond acceptors (Lipinski definition) is 5. The summed E-state index contributed by atoms with van der Waals surface area (Å²) in [7, 11) is -3.87. The summed E-state index contributed by atoms with van der Waals surface area (Å²) in [5, 5.41) is 0.553. The van der Waals surface area contributed by atoms with Gasteiger partial charge < -0.3 is 14.2 Å². The second-order valence-corrected chi connectivity index (χ2v) is 11.3. The van der Waals surface area contributed by atoms with Gasteiger partial charge in [-0.2, -0.15) is 0 Å². The van der Waals surface area contributed by atoms with E-state index >= 15 is 0 Å². The highest BCUT2D eigenvalue weighted by atomic mass is 35.5. The Hall–Kier alpha value is -2.46. The van der Waals surface area contributed by atoms with Crippen LogP contribution in [-0.2, 0) is 33.4 Å². The molecule has 1 fully saturated rings. The number of carbonyl (C=O) groups is 1. The average molecular weight is 554 g/mol. The minimum Gasteiger partial charge on any atom is -0.376 e. The van der Waals surface area contributed by atoms with Crippen molar-refractivity contribution >= 4 is 38.9 Å². The van der Waals surface area contributed by atoms with Crippen molar-refractivity contribution in [3.8, 4) is 0 Å². The van der Waals surface area contributed by atoms with Crippen LogP contribution in [-0.4, -0.2) is 48.0 Å². The van der Waals surface area contributed by atoms with Crippen LogP contribution in [0.2, 0.25) is 10.0 Å². The Morgan fingerprint density at radius 2 is 1.97 bits per heavy atom. The van der Waals surface area contributed by atoms with Gasteiger partial charge >= 0.3 is 0 Å². The van der Waals surface area contributed by atoms with Gasteiger partial charge in [-0.25, -0.2) is 17.8 Å². The lowest BCUT2D eigenvalue weighted by atomic mass is 10.2. The fourth-order valence-corrected chi connectivity index (χ4v) is 6.16. The molecule has 192 valence electrons. The molecular weight excluding hydrogens is 528 g/mol. The molecule has 0 spiro atoms. The van der Waals surface area contributed by atoms with Gasteiger partial charge in [0.25, 0.3) is 5.91 Å². The monoisotopic (exact) mass is 553 g/mol. The predicted molar refractivity (Wildman–Crippen MR) is 135 cm³/mol. The van der Waals surface area contributed by atoms with Gasteiger partial charge in [-0.15, -0.1) is 0 Å². The van der Waals surface area contributed by atoms with Crippen molar-refractivity contribution in [1.82, 2.24) is 14.5 Å². The Morgan fingerprint density at radius 3 is 2.61 bits per heavy atom. The number of hydrogen-bond donors (Lipinski definition) is 0. The van der Waals surface area contributed by atoms with Gasteiger partial charge in [-0.3, -0.25) is 4.79 Å². The third-order valence-corrected chi connectivity index (χ3v) is 8.19. The van der Waals surface area contributed by atoms with Crippen LogP contribution in [0.15, 0.2) is 53.8 Å². The SMILES string of the molecule is CCN(Cc1cnc(S(=O)(=O)Cc2ccc(F)cc2)n1CC1CCCO1)C(=O)c1ccc(Cl)cc1Cl. The van der Waals surface area contributed by atoms with Gasteiger partial charge in [-0.05, 0) is 55.7 Å². The van der Waals surface area contributed by atoms with Crippen LogP contribution in [0.1, 0.15) is 41.4 Å². The largest absolute Gasteiger partial charge is 0.376 e. The highest BCUT2D eigenvalue weighted by Gasteiger charge is 2.28. The molecule has 1 aromatic heterocycles. The minimum absolute atomic E-state index is 0.106. The molecule has 1 aliphatic rings. The first-order valence-corrected chi connectivity index (χ1v) is 14.0. The number of nitrogens with zero attached hydrogens (tertiary/aromatic N) is 3. The fourth-order valence-electron chi connectivity index (χ4n) is 4.17. The van der Waals surface area contributed by atoms with Gasteiger partial charge in [0, 0.05) is 18.2 Å². The highest BCUT2D eigenvalue weighted by Crippen LogP contribution is 2.25. The molecule has 2 aromatic carbocycles. The Morgan fingerprint density at radius 1 is 1.22 bits per heavy atom. The molecular formula is C25H26Cl2FN3O4S. The van der Waals surface area contributed by atoms with Crippen LogP contribution in [0.25, 0.3) is 0 Å². The average Bonchev–Trinajstić information content (AvgIpc) is 3.49. The highest BCUT2D eigenvalue weighted by molar-refractivity contribution is 7.90. The van der Waals surface area contributed by atoms with Crippen molar-refractivity contribution in [2.75, 3.05) is 13.2 Å². The zero-order valence-electron chi connectivity index (χ0n) is 19.7. The molecule has 1 aliphatic heterocycles. The molecule has 0 aliphatic carbocycles. The normalized spacial score (nSPS) is 15.8. The first-order chi connectivity index (χ1) is 17.2. The maximum absolute atomic E-state index is 13.4. The molecule has 2 heterocycles. The van der Waals surface area contributed by atoms with E-state index in [0.29, 0.717) is 41.5 Å². The van der Waals surface area contributed by atoms with Gasteiger partial charge in [0.1, 0.15) is 5.82 Å². The number of ether oxygens (including phenoxy) is 1. The quantitative estimate of drug-likeness (QED) is 0.366. The maximum Gasteiger partial charge on any atom is 0.255 e. The third-order valence-electron chi connectivity index (χ3n) is 6.04. The Kier molecular flexibility index (Phi) is 8.34. The lowest BCUT2D eigenvalue weighted by molar-refractivity contribution is 0.0741. The Balaban J connectivity index is 1.65. The van der Waals surface area contributed by atoms with E-state index in [1.165, 1.54) is 36.5 Å². The smallest absolute Gasteiger partial charge is 0.255 e. The third kappa shape index (κ3) is 6.08. The van der Waals surface area contributed by atoms with Crippen molar-refractivity contribution in [3.05, 3.63) is 81.3 Å². The second-order valence-electron chi connectivity index (χ2n) is 8.61. The van der Waals surface area contributed by atoms with Crippen LogP contribution in [0, 0.1) is 5.82 Å². The minimum atomic E-state index is -3.87. The molecule has 1 amide bonds. The first-order valence-electron chi connectivity index (χ1n) is 11.6.